The molecule has 0 bridgehead atoms. The van der Waals surface area contributed by atoms with E-state index in [4.69, 9.17) is 16.6 Å². The number of carbonyl (C=O) groups excluding carboxylic acids is 2. The zero-order valence-electron chi connectivity index (χ0n) is 30.4. The number of hydrogen-bond donors (Lipinski definition) is 1. The number of thiazole rings is 1. The average Bonchev–Trinajstić information content (AvgIpc) is 3.81. The van der Waals surface area contributed by atoms with Gasteiger partial charge >= 0.3 is 0 Å². The number of aryl methyl sites for hydroxylation is 2. The molecule has 0 saturated carbocycles. The Balaban J connectivity index is 0.952. The van der Waals surface area contributed by atoms with Gasteiger partial charge in [0.05, 0.1) is 33.9 Å². The number of rotatable bonds is 7. The van der Waals surface area contributed by atoms with Crippen LogP contribution in [0, 0.1) is 25.6 Å². The number of hydrogen-bond acceptors (Lipinski definition) is 8. The van der Waals surface area contributed by atoms with Crippen LogP contribution in [0.4, 0.5) is 4.39 Å². The number of benzene rings is 2. The number of aromatic nitrogens is 5. The molecule has 0 unspecified atom stereocenters. The highest BCUT2D eigenvalue weighted by atomic mass is 35.5. The molecule has 2 aliphatic heterocycles. The maximum atomic E-state index is 14.3. The van der Waals surface area contributed by atoms with Crippen molar-refractivity contribution >= 4 is 45.8 Å². The molecule has 2 aromatic carbocycles. The summed E-state index contributed by atoms with van der Waals surface area (Å²) in [6, 6.07) is 19.8. The fraction of sp³-hybridized carbons (Fsp3) is 0.317. The second kappa shape index (κ2) is 14.8. The summed E-state index contributed by atoms with van der Waals surface area (Å²) in [5, 5.41) is 12.8. The van der Waals surface area contributed by atoms with Gasteiger partial charge in [-0.2, -0.15) is 0 Å². The molecule has 0 spiro atoms. The lowest BCUT2D eigenvalue weighted by Gasteiger charge is -2.43. The van der Waals surface area contributed by atoms with E-state index in [1.165, 1.54) is 34.4 Å². The van der Waals surface area contributed by atoms with E-state index < -0.39 is 11.4 Å². The van der Waals surface area contributed by atoms with E-state index in [0.29, 0.717) is 59.9 Å². The van der Waals surface area contributed by atoms with Gasteiger partial charge in [-0.25, -0.2) is 14.4 Å². The van der Waals surface area contributed by atoms with Gasteiger partial charge in [0.1, 0.15) is 22.0 Å². The minimum atomic E-state index is -1.23. The Morgan fingerprint density at radius 1 is 1.00 bits per heavy atom. The topological polar surface area (TPSA) is 126 Å². The van der Waals surface area contributed by atoms with Gasteiger partial charge in [-0.3, -0.25) is 23.9 Å². The number of likely N-dealkylation sites (tertiary alicyclic amines) is 2. The summed E-state index contributed by atoms with van der Waals surface area (Å²) in [5.74, 6) is -1.22. The monoisotopic (exact) mass is 779 g/mol. The van der Waals surface area contributed by atoms with Crippen molar-refractivity contribution in [1.82, 2.24) is 33.9 Å². The van der Waals surface area contributed by atoms with Crippen LogP contribution < -0.4 is 5.56 Å². The van der Waals surface area contributed by atoms with Gasteiger partial charge < -0.3 is 19.5 Å². The van der Waals surface area contributed by atoms with Gasteiger partial charge in [-0.15, -0.1) is 11.3 Å². The van der Waals surface area contributed by atoms with Crippen molar-refractivity contribution in [2.45, 2.75) is 51.2 Å². The molecule has 2 fully saturated rings. The molecule has 6 heterocycles. The van der Waals surface area contributed by atoms with E-state index in [2.05, 4.69) is 9.97 Å². The third-order valence-electron chi connectivity index (χ3n) is 10.9. The summed E-state index contributed by atoms with van der Waals surface area (Å²) in [6.45, 7) is 5.28. The molecule has 0 radical (unpaired) electrons. The Morgan fingerprint density at radius 2 is 1.78 bits per heavy atom. The molecule has 1 N–H and O–H groups in total. The zero-order chi connectivity index (χ0) is 38.4. The number of aliphatic hydroxyl groups is 1. The minimum absolute atomic E-state index is 0.00124. The van der Waals surface area contributed by atoms with Gasteiger partial charge in [0.15, 0.2) is 5.65 Å². The van der Waals surface area contributed by atoms with Crippen LogP contribution >= 0.6 is 22.9 Å². The first-order valence-corrected chi connectivity index (χ1v) is 19.5. The van der Waals surface area contributed by atoms with E-state index in [1.807, 2.05) is 66.1 Å². The molecular weight excluding hydrogens is 741 g/mol. The predicted molar refractivity (Wildman–Crippen MR) is 209 cm³/mol. The molecule has 2 atom stereocenters. The highest BCUT2D eigenvalue weighted by molar-refractivity contribution is 7.17. The fourth-order valence-corrected chi connectivity index (χ4v) is 8.93. The molecule has 282 valence electrons. The summed E-state index contributed by atoms with van der Waals surface area (Å²) in [6.07, 6.45) is 5.89. The lowest BCUT2D eigenvalue weighted by Crippen LogP contribution is -2.53. The van der Waals surface area contributed by atoms with Crippen LogP contribution in [0.1, 0.15) is 51.8 Å². The highest BCUT2D eigenvalue weighted by Gasteiger charge is 2.42. The summed E-state index contributed by atoms with van der Waals surface area (Å²) >= 11 is 7.22. The maximum Gasteiger partial charge on any atom is 0.265 e. The van der Waals surface area contributed by atoms with Gasteiger partial charge in [0, 0.05) is 61.7 Å². The number of amides is 2. The predicted octanol–water partition coefficient (Wildman–Crippen LogP) is 6.41. The number of fused-ring (bicyclic) bond motifs is 1. The Hall–Kier alpha value is -5.24. The molecule has 4 aromatic heterocycles. The normalized spacial score (nSPS) is 18.5. The fourth-order valence-electron chi connectivity index (χ4n) is 7.79. The van der Waals surface area contributed by atoms with Crippen LogP contribution in [0.3, 0.4) is 0 Å². The lowest BCUT2D eigenvalue weighted by molar-refractivity contribution is -0.142. The molecule has 0 aliphatic carbocycles. The quantitative estimate of drug-likeness (QED) is 0.198. The summed E-state index contributed by atoms with van der Waals surface area (Å²) in [5.41, 5.74) is 2.73. The third kappa shape index (κ3) is 7.19. The summed E-state index contributed by atoms with van der Waals surface area (Å²) in [4.78, 5) is 59.6. The Labute approximate surface area is 325 Å². The van der Waals surface area contributed by atoms with Crippen LogP contribution in [0.2, 0.25) is 5.02 Å². The van der Waals surface area contributed by atoms with E-state index in [-0.39, 0.29) is 53.6 Å². The average molecular weight is 780 g/mol. The molecule has 55 heavy (non-hydrogen) atoms. The largest absolute Gasteiger partial charge is 0.388 e. The van der Waals surface area contributed by atoms with Gasteiger partial charge in [-0.05, 0) is 75.1 Å². The first kappa shape index (κ1) is 36.7. The van der Waals surface area contributed by atoms with Crippen molar-refractivity contribution in [2.75, 3.05) is 26.2 Å². The van der Waals surface area contributed by atoms with E-state index in [0.717, 1.165) is 21.8 Å². The van der Waals surface area contributed by atoms with Gasteiger partial charge in [-0.1, -0.05) is 41.9 Å². The van der Waals surface area contributed by atoms with Crippen LogP contribution in [-0.2, 0) is 11.3 Å². The standard InChI is InChI=1S/C41H39ClFN7O4S/c1-25-8-9-28(21-44-25)37-46-26(2)35(55-37)40(53)48-16-12-30(32(22-48)27-6-4-3-5-7-27)38(51)47-18-14-41(54,15-19-47)23-49-24-45-36-31(39(49)52)13-17-50(36)29-10-11-33(42)34(43)20-29/h3-11,13,17,20-21,24,30,32,54H,12,14-16,18-19,22-23H2,1-2H3/t30-,32+/m1/s1. The third-order valence-corrected chi connectivity index (χ3v) is 12.4. The lowest BCUT2D eigenvalue weighted by atomic mass is 9.79. The van der Waals surface area contributed by atoms with Crippen molar-refractivity contribution in [2.24, 2.45) is 5.92 Å². The molecular formula is C41H39ClFN7O4S. The van der Waals surface area contributed by atoms with Crippen molar-refractivity contribution in [3.63, 3.8) is 0 Å². The van der Waals surface area contributed by atoms with Crippen molar-refractivity contribution in [1.29, 1.82) is 0 Å². The molecule has 2 amide bonds. The molecule has 14 heteroatoms. The highest BCUT2D eigenvalue weighted by Crippen LogP contribution is 2.37. The van der Waals surface area contributed by atoms with Gasteiger partial charge in [0.2, 0.25) is 5.91 Å². The maximum absolute atomic E-state index is 14.3. The van der Waals surface area contributed by atoms with Crippen LogP contribution in [0.5, 0.6) is 0 Å². The Morgan fingerprint density at radius 3 is 2.51 bits per heavy atom. The second-order valence-electron chi connectivity index (χ2n) is 14.5. The summed E-state index contributed by atoms with van der Waals surface area (Å²) in [7, 11) is 0. The van der Waals surface area contributed by atoms with Crippen LogP contribution in [-0.4, -0.2) is 82.6 Å². The number of piperidine rings is 2. The molecule has 6 aromatic rings. The molecule has 8 rings (SSSR count). The number of pyridine rings is 1. The first-order valence-electron chi connectivity index (χ1n) is 18.3. The SMILES string of the molecule is Cc1ccc(-c2nc(C)c(C(=O)N3CC[C@@H](C(=O)N4CCC(O)(Cn5cnc6c(ccn6-c6ccc(Cl)c(F)c6)c5=O)CC4)[C@H](c4ccccc4)C3)s2)cn1. The Bertz CT molecular complexity index is 2460. The van der Waals surface area contributed by atoms with Crippen molar-refractivity contribution in [3.05, 3.63) is 128 Å². The van der Waals surface area contributed by atoms with Crippen LogP contribution in [0.25, 0.3) is 27.3 Å². The van der Waals surface area contributed by atoms with E-state index in [9.17, 15) is 23.9 Å². The van der Waals surface area contributed by atoms with Crippen LogP contribution in [0.15, 0.2) is 90.2 Å². The number of halogens is 2. The van der Waals surface area contributed by atoms with Crippen molar-refractivity contribution < 1.29 is 19.1 Å². The summed E-state index contributed by atoms with van der Waals surface area (Å²) < 4.78 is 17.2. The van der Waals surface area contributed by atoms with E-state index in [1.54, 1.807) is 29.1 Å². The van der Waals surface area contributed by atoms with Gasteiger partial charge in [0.25, 0.3) is 11.5 Å². The number of nitrogens with zero attached hydrogens (tertiary/aromatic N) is 7. The smallest absolute Gasteiger partial charge is 0.265 e. The van der Waals surface area contributed by atoms with E-state index >= 15 is 0 Å². The first-order chi connectivity index (χ1) is 26.5. The molecule has 11 nitrogen and oxygen atoms in total. The Kier molecular flexibility index (Phi) is 9.87. The molecule has 2 saturated heterocycles. The zero-order valence-corrected chi connectivity index (χ0v) is 31.9. The number of carbonyl (C=O) groups is 2. The van der Waals surface area contributed by atoms with Crippen molar-refractivity contribution in [3.8, 4) is 16.3 Å². The minimum Gasteiger partial charge on any atom is -0.388 e. The second-order valence-corrected chi connectivity index (χ2v) is 15.9. The molecule has 2 aliphatic rings.